The van der Waals surface area contributed by atoms with Crippen LogP contribution in [0.15, 0.2) is 12.1 Å². The van der Waals surface area contributed by atoms with Crippen molar-refractivity contribution in [1.82, 2.24) is 0 Å². The van der Waals surface area contributed by atoms with Crippen molar-refractivity contribution in [2.45, 2.75) is 32.4 Å². The third kappa shape index (κ3) is 3.24. The first-order valence-electron chi connectivity index (χ1n) is 4.85. The molecule has 2 N–H and O–H groups in total. The summed E-state index contributed by atoms with van der Waals surface area (Å²) in [5.41, 5.74) is -0.320. The van der Waals surface area contributed by atoms with E-state index in [0.29, 0.717) is 5.69 Å². The molecule has 0 saturated heterocycles. The van der Waals surface area contributed by atoms with Crippen molar-refractivity contribution < 1.29 is 9.50 Å². The third-order valence-corrected chi connectivity index (χ3v) is 2.98. The smallest absolute Gasteiger partial charge is 0.160 e. The van der Waals surface area contributed by atoms with Crippen LogP contribution in [0.3, 0.4) is 0 Å². The lowest BCUT2D eigenvalue weighted by atomic mass is 10.0. The Bertz CT molecular complexity index is 367. The Kier molecular flexibility index (Phi) is 4.05. The molecule has 0 saturated carbocycles. The maximum absolute atomic E-state index is 13.1. The molecule has 0 bridgehead atoms. The van der Waals surface area contributed by atoms with Gasteiger partial charge in [0.05, 0.1) is 21.7 Å². The van der Waals surface area contributed by atoms with Crippen LogP contribution in [-0.4, -0.2) is 16.7 Å². The second kappa shape index (κ2) is 4.78. The van der Waals surface area contributed by atoms with Gasteiger partial charge >= 0.3 is 0 Å². The van der Waals surface area contributed by atoms with Gasteiger partial charge < -0.3 is 10.4 Å². The maximum atomic E-state index is 13.1. The molecule has 0 aliphatic carbocycles. The monoisotopic (exact) mass is 265 g/mol. The Labute approximate surface area is 104 Å². The standard InChI is InChI=1S/C11H14Cl2FNO/c1-6(11(2,3)16)15-7-4-8(12)10(14)9(13)5-7/h4-6,15-16H,1-3H3. The fraction of sp³-hybridized carbons (Fsp3) is 0.455. The van der Waals surface area contributed by atoms with Crippen molar-refractivity contribution in [1.29, 1.82) is 0 Å². The molecule has 1 rings (SSSR count). The molecule has 2 nitrogen and oxygen atoms in total. The first kappa shape index (κ1) is 13.6. The lowest BCUT2D eigenvalue weighted by Crippen LogP contribution is -2.39. The van der Waals surface area contributed by atoms with Crippen LogP contribution in [0.2, 0.25) is 10.0 Å². The lowest BCUT2D eigenvalue weighted by Gasteiger charge is -2.27. The van der Waals surface area contributed by atoms with E-state index in [9.17, 15) is 9.50 Å². The summed E-state index contributed by atoms with van der Waals surface area (Å²) in [6, 6.07) is 2.65. The average Bonchev–Trinajstić information content (AvgIpc) is 2.12. The number of hydrogen-bond acceptors (Lipinski definition) is 2. The van der Waals surface area contributed by atoms with E-state index in [0.717, 1.165) is 0 Å². The minimum absolute atomic E-state index is 0.0436. The Morgan fingerprint density at radius 1 is 1.31 bits per heavy atom. The van der Waals surface area contributed by atoms with Crippen molar-refractivity contribution in [3.8, 4) is 0 Å². The zero-order valence-electron chi connectivity index (χ0n) is 9.31. The maximum Gasteiger partial charge on any atom is 0.160 e. The Morgan fingerprint density at radius 2 is 1.75 bits per heavy atom. The zero-order valence-corrected chi connectivity index (χ0v) is 10.8. The van der Waals surface area contributed by atoms with Crippen molar-refractivity contribution in [3.63, 3.8) is 0 Å². The van der Waals surface area contributed by atoms with Crippen LogP contribution in [0.1, 0.15) is 20.8 Å². The molecule has 1 aromatic rings. The first-order chi connectivity index (χ1) is 7.21. The van der Waals surface area contributed by atoms with Gasteiger partial charge in [-0.3, -0.25) is 0 Å². The van der Waals surface area contributed by atoms with Gasteiger partial charge in [-0.2, -0.15) is 0 Å². The summed E-state index contributed by atoms with van der Waals surface area (Å²) in [5, 5.41) is 12.7. The van der Waals surface area contributed by atoms with Crippen molar-refractivity contribution >= 4 is 28.9 Å². The summed E-state index contributed by atoms with van der Waals surface area (Å²) in [4.78, 5) is 0. The predicted octanol–water partition coefficient (Wildman–Crippen LogP) is 3.70. The number of hydrogen-bond donors (Lipinski definition) is 2. The molecular weight excluding hydrogens is 252 g/mol. The van der Waals surface area contributed by atoms with Crippen LogP contribution in [0, 0.1) is 5.82 Å². The van der Waals surface area contributed by atoms with E-state index < -0.39 is 11.4 Å². The predicted molar refractivity (Wildman–Crippen MR) is 65.8 cm³/mol. The minimum atomic E-state index is -0.895. The topological polar surface area (TPSA) is 32.3 Å². The molecule has 0 radical (unpaired) electrons. The summed E-state index contributed by atoms with van der Waals surface area (Å²) < 4.78 is 13.1. The molecule has 16 heavy (non-hydrogen) atoms. The van der Waals surface area contributed by atoms with Crippen molar-refractivity contribution in [2.24, 2.45) is 0 Å². The van der Waals surface area contributed by atoms with E-state index in [1.807, 2.05) is 6.92 Å². The number of aliphatic hydroxyl groups is 1. The number of rotatable bonds is 3. The normalized spacial score (nSPS) is 13.7. The molecule has 0 aromatic heterocycles. The van der Waals surface area contributed by atoms with Crippen LogP contribution in [0.4, 0.5) is 10.1 Å². The van der Waals surface area contributed by atoms with Crippen molar-refractivity contribution in [2.75, 3.05) is 5.32 Å². The Morgan fingerprint density at radius 3 is 2.12 bits per heavy atom. The molecule has 1 aromatic carbocycles. The highest BCUT2D eigenvalue weighted by Gasteiger charge is 2.22. The number of benzene rings is 1. The number of halogens is 3. The molecule has 0 aliphatic heterocycles. The molecule has 0 fully saturated rings. The summed E-state index contributed by atoms with van der Waals surface area (Å²) in [7, 11) is 0. The van der Waals surface area contributed by atoms with E-state index in [1.54, 1.807) is 13.8 Å². The van der Waals surface area contributed by atoms with Crippen LogP contribution in [0.5, 0.6) is 0 Å². The summed E-state index contributed by atoms with van der Waals surface area (Å²) >= 11 is 11.3. The van der Waals surface area contributed by atoms with Gasteiger partial charge in [0.2, 0.25) is 0 Å². The van der Waals surface area contributed by atoms with Gasteiger partial charge in [-0.15, -0.1) is 0 Å². The van der Waals surface area contributed by atoms with Gasteiger partial charge in [0.1, 0.15) is 0 Å². The molecule has 0 heterocycles. The van der Waals surface area contributed by atoms with Gasteiger partial charge in [-0.05, 0) is 32.9 Å². The Balaban J connectivity index is 2.91. The van der Waals surface area contributed by atoms with Crippen molar-refractivity contribution in [3.05, 3.63) is 28.0 Å². The second-order valence-electron chi connectivity index (χ2n) is 4.27. The fourth-order valence-corrected chi connectivity index (χ4v) is 1.55. The molecule has 90 valence electrons. The largest absolute Gasteiger partial charge is 0.388 e. The van der Waals surface area contributed by atoms with Crippen LogP contribution in [-0.2, 0) is 0 Å². The third-order valence-electron chi connectivity index (χ3n) is 2.43. The van der Waals surface area contributed by atoms with Gasteiger partial charge in [-0.25, -0.2) is 4.39 Å². The van der Waals surface area contributed by atoms with Gasteiger partial charge in [0, 0.05) is 5.69 Å². The molecule has 1 atom stereocenters. The van der Waals surface area contributed by atoms with Crippen LogP contribution in [0.25, 0.3) is 0 Å². The molecular formula is C11H14Cl2FNO. The van der Waals surface area contributed by atoms with Gasteiger partial charge in [0.25, 0.3) is 0 Å². The molecule has 5 heteroatoms. The summed E-state index contributed by atoms with van der Waals surface area (Å²) in [6.07, 6.45) is 0. The zero-order chi connectivity index (χ0) is 12.5. The molecule has 0 amide bonds. The van der Waals surface area contributed by atoms with Gasteiger partial charge in [0.15, 0.2) is 5.82 Å². The van der Waals surface area contributed by atoms with E-state index in [-0.39, 0.29) is 16.1 Å². The van der Waals surface area contributed by atoms with Crippen LogP contribution < -0.4 is 5.32 Å². The Hall–Kier alpha value is -0.510. The molecule has 1 unspecified atom stereocenters. The molecule has 0 spiro atoms. The minimum Gasteiger partial charge on any atom is -0.388 e. The van der Waals surface area contributed by atoms with E-state index in [1.165, 1.54) is 12.1 Å². The van der Waals surface area contributed by atoms with Crippen LogP contribution >= 0.6 is 23.2 Å². The number of anilines is 1. The SMILES string of the molecule is CC(Nc1cc(Cl)c(F)c(Cl)c1)C(C)(C)O. The van der Waals surface area contributed by atoms with Gasteiger partial charge in [-0.1, -0.05) is 23.2 Å². The van der Waals surface area contributed by atoms with E-state index in [4.69, 9.17) is 23.2 Å². The molecule has 0 aliphatic rings. The average molecular weight is 266 g/mol. The lowest BCUT2D eigenvalue weighted by molar-refractivity contribution is 0.0649. The quantitative estimate of drug-likeness (QED) is 0.817. The highest BCUT2D eigenvalue weighted by molar-refractivity contribution is 6.35. The first-order valence-corrected chi connectivity index (χ1v) is 5.61. The summed E-state index contributed by atoms with van der Waals surface area (Å²) in [5.74, 6) is -0.634. The van der Waals surface area contributed by atoms with E-state index >= 15 is 0 Å². The number of nitrogens with one attached hydrogen (secondary N) is 1. The second-order valence-corrected chi connectivity index (χ2v) is 5.09. The highest BCUT2D eigenvalue weighted by atomic mass is 35.5. The summed E-state index contributed by atoms with van der Waals surface area (Å²) in [6.45, 7) is 5.17. The highest BCUT2D eigenvalue weighted by Crippen LogP contribution is 2.28. The van der Waals surface area contributed by atoms with E-state index in [2.05, 4.69) is 5.32 Å². The fourth-order valence-electron chi connectivity index (χ4n) is 1.07.